The molecule has 1 atom stereocenters. The Morgan fingerprint density at radius 1 is 1.24 bits per heavy atom. The Hall–Kier alpha value is -2.01. The average molecular weight is 302 g/mol. The molecule has 2 N–H and O–H groups in total. The van der Waals surface area contributed by atoms with Gasteiger partial charge in [0, 0.05) is 5.69 Å². The van der Waals surface area contributed by atoms with Gasteiger partial charge >= 0.3 is 0 Å². The molecule has 0 aliphatic carbocycles. The zero-order valence-electron chi connectivity index (χ0n) is 11.8. The average Bonchev–Trinajstić information content (AvgIpc) is 2.51. The first-order chi connectivity index (χ1) is 10.2. The molecule has 5 heteroatoms. The predicted octanol–water partition coefficient (Wildman–Crippen LogP) is 2.65. The van der Waals surface area contributed by atoms with Crippen LogP contribution in [0, 0.1) is 0 Å². The van der Waals surface area contributed by atoms with Crippen LogP contribution in [-0.2, 0) is 9.59 Å². The van der Waals surface area contributed by atoms with Crippen molar-refractivity contribution in [2.24, 2.45) is 0 Å². The van der Waals surface area contributed by atoms with E-state index in [2.05, 4.69) is 10.6 Å². The first-order valence-corrected chi connectivity index (χ1v) is 8.12. The molecule has 2 rings (SSSR count). The Kier molecular flexibility index (Phi) is 5.63. The first-order valence-electron chi connectivity index (χ1n) is 6.73. The Morgan fingerprint density at radius 2 is 2.00 bits per heavy atom. The van der Waals surface area contributed by atoms with Crippen LogP contribution in [0.4, 0.5) is 5.69 Å². The summed E-state index contributed by atoms with van der Waals surface area (Å²) < 4.78 is 0. The van der Waals surface area contributed by atoms with Crippen LogP contribution >= 0.6 is 11.8 Å². The van der Waals surface area contributed by atoms with Crippen LogP contribution in [-0.4, -0.2) is 30.4 Å². The van der Waals surface area contributed by atoms with Gasteiger partial charge in [0.15, 0.2) is 0 Å². The lowest BCUT2D eigenvalue weighted by Crippen LogP contribution is -2.40. The number of hydrogen-bond acceptors (Lipinski definition) is 3. The molecule has 0 fully saturated rings. The molecule has 0 unspecified atom stereocenters. The zero-order valence-corrected chi connectivity index (χ0v) is 12.7. The first kappa shape index (κ1) is 15.4. The fourth-order valence-electron chi connectivity index (χ4n) is 2.10. The number of hydrogen-bond donors (Lipinski definition) is 2. The standard InChI is InChI=1S/C16H18N2O2S/c1-21-9-8-15(17-11-19)16(20)18-14-7-6-12-4-2-3-5-13(12)10-14/h2-7,10-11,15H,8-9H2,1H3,(H,17,19)(H,18,20)/t15-/m1/s1. The molecule has 0 aromatic heterocycles. The molecule has 2 aromatic rings. The fourth-order valence-corrected chi connectivity index (χ4v) is 2.58. The highest BCUT2D eigenvalue weighted by Gasteiger charge is 2.17. The maximum Gasteiger partial charge on any atom is 0.246 e. The summed E-state index contributed by atoms with van der Waals surface area (Å²) in [6, 6.07) is 13.2. The highest BCUT2D eigenvalue weighted by atomic mass is 32.2. The summed E-state index contributed by atoms with van der Waals surface area (Å²) in [6.45, 7) is 0. The van der Waals surface area contributed by atoms with Crippen molar-refractivity contribution in [2.45, 2.75) is 12.5 Å². The van der Waals surface area contributed by atoms with Crippen molar-refractivity contribution in [1.29, 1.82) is 0 Å². The molecule has 2 amide bonds. The minimum Gasteiger partial charge on any atom is -0.347 e. The second-order valence-corrected chi connectivity index (χ2v) is 5.66. The lowest BCUT2D eigenvalue weighted by molar-refractivity contribution is -0.121. The lowest BCUT2D eigenvalue weighted by atomic mass is 10.1. The monoisotopic (exact) mass is 302 g/mol. The number of thioether (sulfide) groups is 1. The van der Waals surface area contributed by atoms with Crippen LogP contribution in [0.15, 0.2) is 42.5 Å². The summed E-state index contributed by atoms with van der Waals surface area (Å²) >= 11 is 1.65. The lowest BCUT2D eigenvalue weighted by Gasteiger charge is -2.15. The number of carbonyl (C=O) groups excluding carboxylic acids is 2. The van der Waals surface area contributed by atoms with Crippen molar-refractivity contribution in [1.82, 2.24) is 5.32 Å². The van der Waals surface area contributed by atoms with Crippen molar-refractivity contribution < 1.29 is 9.59 Å². The van der Waals surface area contributed by atoms with Gasteiger partial charge in [-0.3, -0.25) is 9.59 Å². The van der Waals surface area contributed by atoms with Crippen LogP contribution in [0.5, 0.6) is 0 Å². The van der Waals surface area contributed by atoms with Gasteiger partial charge < -0.3 is 10.6 Å². The van der Waals surface area contributed by atoms with Crippen LogP contribution < -0.4 is 10.6 Å². The Balaban J connectivity index is 2.09. The van der Waals surface area contributed by atoms with Crippen molar-refractivity contribution >= 4 is 40.5 Å². The molecule has 0 bridgehead atoms. The van der Waals surface area contributed by atoms with E-state index in [9.17, 15) is 9.59 Å². The molecule has 0 saturated heterocycles. The number of rotatable bonds is 7. The van der Waals surface area contributed by atoms with Crippen molar-refractivity contribution in [2.75, 3.05) is 17.3 Å². The van der Waals surface area contributed by atoms with Crippen LogP contribution in [0.25, 0.3) is 10.8 Å². The fraction of sp³-hybridized carbons (Fsp3) is 0.250. The van der Waals surface area contributed by atoms with E-state index in [1.165, 1.54) is 0 Å². The van der Waals surface area contributed by atoms with Crippen molar-refractivity contribution in [3.05, 3.63) is 42.5 Å². The van der Waals surface area contributed by atoms with Crippen LogP contribution in [0.1, 0.15) is 6.42 Å². The number of anilines is 1. The molecular formula is C16H18N2O2S. The number of fused-ring (bicyclic) bond motifs is 1. The predicted molar refractivity (Wildman–Crippen MR) is 88.6 cm³/mol. The van der Waals surface area contributed by atoms with Gasteiger partial charge in [-0.2, -0.15) is 11.8 Å². The van der Waals surface area contributed by atoms with Crippen molar-refractivity contribution in [3.8, 4) is 0 Å². The van der Waals surface area contributed by atoms with Gasteiger partial charge in [0.2, 0.25) is 12.3 Å². The topological polar surface area (TPSA) is 58.2 Å². The summed E-state index contributed by atoms with van der Waals surface area (Å²) in [5, 5.41) is 7.62. The normalized spacial score (nSPS) is 11.9. The molecule has 110 valence electrons. The highest BCUT2D eigenvalue weighted by Crippen LogP contribution is 2.19. The molecule has 2 aromatic carbocycles. The Labute approximate surface area is 128 Å². The Bertz CT molecular complexity index is 630. The third-order valence-electron chi connectivity index (χ3n) is 3.21. The maximum atomic E-state index is 12.2. The van der Waals surface area contributed by atoms with E-state index < -0.39 is 6.04 Å². The second-order valence-electron chi connectivity index (χ2n) is 4.67. The summed E-state index contributed by atoms with van der Waals surface area (Å²) in [5.41, 5.74) is 0.737. The largest absolute Gasteiger partial charge is 0.347 e. The smallest absolute Gasteiger partial charge is 0.246 e. The van der Waals surface area contributed by atoms with Crippen molar-refractivity contribution in [3.63, 3.8) is 0 Å². The molecule has 0 aliphatic rings. The van der Waals surface area contributed by atoms with E-state index >= 15 is 0 Å². The third-order valence-corrected chi connectivity index (χ3v) is 3.86. The minimum atomic E-state index is -0.499. The molecular weight excluding hydrogens is 284 g/mol. The van der Waals surface area contributed by atoms with Gasteiger partial charge in [-0.25, -0.2) is 0 Å². The van der Waals surface area contributed by atoms with Gasteiger partial charge in [0.25, 0.3) is 0 Å². The number of amides is 2. The van der Waals surface area contributed by atoms with Gasteiger partial charge in [-0.05, 0) is 41.3 Å². The molecule has 0 radical (unpaired) electrons. The molecule has 0 aliphatic heterocycles. The minimum absolute atomic E-state index is 0.188. The number of carbonyl (C=O) groups is 2. The molecule has 21 heavy (non-hydrogen) atoms. The van der Waals surface area contributed by atoms with Gasteiger partial charge in [-0.15, -0.1) is 0 Å². The SMILES string of the molecule is CSCC[C@@H](NC=O)C(=O)Nc1ccc2ccccc2c1. The number of nitrogens with one attached hydrogen (secondary N) is 2. The van der Waals surface area contributed by atoms with E-state index in [-0.39, 0.29) is 5.91 Å². The summed E-state index contributed by atoms with van der Waals surface area (Å²) in [6.07, 6.45) is 3.16. The maximum absolute atomic E-state index is 12.2. The van der Waals surface area contributed by atoms with Gasteiger partial charge in [0.05, 0.1) is 0 Å². The molecule has 0 saturated carbocycles. The van der Waals surface area contributed by atoms with E-state index in [1.807, 2.05) is 48.7 Å². The summed E-state index contributed by atoms with van der Waals surface area (Å²) in [5.74, 6) is 0.628. The van der Waals surface area contributed by atoms with Gasteiger partial charge in [-0.1, -0.05) is 30.3 Å². The third kappa shape index (κ3) is 4.23. The van der Waals surface area contributed by atoms with E-state index in [0.717, 1.165) is 22.2 Å². The van der Waals surface area contributed by atoms with E-state index in [0.29, 0.717) is 12.8 Å². The Morgan fingerprint density at radius 3 is 2.71 bits per heavy atom. The van der Waals surface area contributed by atoms with Crippen LogP contribution in [0.3, 0.4) is 0 Å². The summed E-state index contributed by atoms with van der Waals surface area (Å²) in [7, 11) is 0. The van der Waals surface area contributed by atoms with Crippen LogP contribution in [0.2, 0.25) is 0 Å². The molecule has 4 nitrogen and oxygen atoms in total. The molecule has 0 spiro atoms. The highest BCUT2D eigenvalue weighted by molar-refractivity contribution is 7.98. The van der Waals surface area contributed by atoms with E-state index in [1.54, 1.807) is 11.8 Å². The summed E-state index contributed by atoms with van der Waals surface area (Å²) in [4.78, 5) is 22.8. The second kappa shape index (κ2) is 7.69. The van der Waals surface area contributed by atoms with E-state index in [4.69, 9.17) is 0 Å². The molecule has 0 heterocycles. The number of benzene rings is 2. The zero-order chi connectivity index (χ0) is 15.1. The quantitative estimate of drug-likeness (QED) is 0.773. The van der Waals surface area contributed by atoms with Gasteiger partial charge in [0.1, 0.15) is 6.04 Å².